The summed E-state index contributed by atoms with van der Waals surface area (Å²) >= 11 is 0. The smallest absolute Gasteiger partial charge is 0.410 e. The molecule has 0 saturated carbocycles. The van der Waals surface area contributed by atoms with Gasteiger partial charge in [-0.3, -0.25) is 19.5 Å². The Morgan fingerprint density at radius 3 is 2.47 bits per heavy atom. The zero-order valence-electron chi connectivity index (χ0n) is 22.8. The highest BCUT2D eigenvalue weighted by Gasteiger charge is 2.39. The Bertz CT molecular complexity index is 1190. The van der Waals surface area contributed by atoms with Crippen LogP contribution in [0.4, 0.5) is 10.5 Å². The number of carbonyl (C=O) groups is 3. The number of benzodiazepines with no additional fused rings is 1. The number of para-hydroxylation sites is 1. The number of ether oxygens (including phenoxy) is 1. The van der Waals surface area contributed by atoms with E-state index in [1.807, 2.05) is 82.3 Å². The molecule has 4 rings (SSSR count). The summed E-state index contributed by atoms with van der Waals surface area (Å²) in [6, 6.07) is 16.7. The monoisotopic (exact) mass is 518 g/mol. The number of carbonyl (C=O) groups excluding carboxylic acids is 3. The van der Waals surface area contributed by atoms with Gasteiger partial charge >= 0.3 is 6.09 Å². The van der Waals surface area contributed by atoms with Crippen LogP contribution in [0.2, 0.25) is 0 Å². The third-order valence-electron chi connectivity index (χ3n) is 6.64. The fraction of sp³-hybridized carbons (Fsp3) is 0.467. The van der Waals surface area contributed by atoms with Gasteiger partial charge in [0.15, 0.2) is 0 Å². The van der Waals surface area contributed by atoms with Gasteiger partial charge in [0.2, 0.25) is 12.1 Å². The molecule has 2 aromatic carbocycles. The van der Waals surface area contributed by atoms with Crippen LogP contribution < -0.4 is 10.2 Å². The first-order valence-corrected chi connectivity index (χ1v) is 13.5. The van der Waals surface area contributed by atoms with Crippen LogP contribution in [-0.2, 0) is 20.7 Å². The van der Waals surface area contributed by atoms with E-state index < -0.39 is 17.9 Å². The van der Waals surface area contributed by atoms with Crippen molar-refractivity contribution in [1.82, 2.24) is 10.2 Å². The van der Waals surface area contributed by atoms with E-state index in [4.69, 9.17) is 9.73 Å². The number of benzene rings is 2. The molecule has 0 aromatic heterocycles. The lowest BCUT2D eigenvalue weighted by Gasteiger charge is -2.37. The highest BCUT2D eigenvalue weighted by Crippen LogP contribution is 2.31. The van der Waals surface area contributed by atoms with Crippen molar-refractivity contribution < 1.29 is 19.1 Å². The number of anilines is 1. The van der Waals surface area contributed by atoms with E-state index in [1.165, 1.54) is 0 Å². The third-order valence-corrected chi connectivity index (χ3v) is 6.64. The summed E-state index contributed by atoms with van der Waals surface area (Å²) in [5.74, 6) is -0.567. The molecule has 2 unspecified atom stereocenters. The fourth-order valence-electron chi connectivity index (χ4n) is 5.01. The van der Waals surface area contributed by atoms with Crippen molar-refractivity contribution in [3.63, 3.8) is 0 Å². The van der Waals surface area contributed by atoms with Gasteiger partial charge < -0.3 is 15.0 Å². The van der Waals surface area contributed by atoms with Gasteiger partial charge in [0.25, 0.3) is 5.91 Å². The van der Waals surface area contributed by atoms with Crippen molar-refractivity contribution in [2.45, 2.75) is 77.6 Å². The van der Waals surface area contributed by atoms with Crippen LogP contribution in [0.5, 0.6) is 0 Å². The zero-order valence-corrected chi connectivity index (χ0v) is 22.8. The maximum Gasteiger partial charge on any atom is 0.410 e. The molecule has 0 aliphatic carbocycles. The lowest BCUT2D eigenvalue weighted by atomic mass is 9.92. The minimum absolute atomic E-state index is 0.143. The van der Waals surface area contributed by atoms with Crippen LogP contribution in [0, 0.1) is 0 Å². The van der Waals surface area contributed by atoms with E-state index in [0.29, 0.717) is 25.2 Å². The predicted octanol–water partition coefficient (Wildman–Crippen LogP) is 4.71. The minimum Gasteiger partial charge on any atom is -0.444 e. The molecule has 2 aliphatic heterocycles. The van der Waals surface area contributed by atoms with E-state index in [0.717, 1.165) is 36.1 Å². The van der Waals surface area contributed by atoms with E-state index in [2.05, 4.69) is 5.32 Å². The van der Waals surface area contributed by atoms with E-state index >= 15 is 0 Å². The molecule has 0 radical (unpaired) electrons. The molecule has 38 heavy (non-hydrogen) atoms. The molecular weight excluding hydrogens is 480 g/mol. The first-order chi connectivity index (χ1) is 18.2. The van der Waals surface area contributed by atoms with Crippen molar-refractivity contribution in [2.24, 2.45) is 4.99 Å². The van der Waals surface area contributed by atoms with Crippen LogP contribution in [0.3, 0.4) is 0 Å². The average Bonchev–Trinajstić information content (AvgIpc) is 2.99. The van der Waals surface area contributed by atoms with Crippen LogP contribution in [0.1, 0.15) is 64.5 Å². The zero-order chi connectivity index (χ0) is 27.3. The Hall–Kier alpha value is -3.68. The molecule has 2 atom stereocenters. The van der Waals surface area contributed by atoms with Gasteiger partial charge in [-0.05, 0) is 58.1 Å². The van der Waals surface area contributed by atoms with Crippen LogP contribution in [-0.4, -0.2) is 59.4 Å². The number of rotatable bonds is 6. The first-order valence-electron chi connectivity index (χ1n) is 13.5. The van der Waals surface area contributed by atoms with Crippen molar-refractivity contribution in [1.29, 1.82) is 0 Å². The maximum atomic E-state index is 13.8. The number of likely N-dealkylation sites (tertiary alicyclic amines) is 1. The maximum absolute atomic E-state index is 13.8. The molecule has 8 nitrogen and oxygen atoms in total. The second-order valence-electron chi connectivity index (χ2n) is 10.8. The molecule has 202 valence electrons. The summed E-state index contributed by atoms with van der Waals surface area (Å²) in [6.45, 7) is 8.59. The standard InChI is InChI=1S/C30H38N4O4/c1-5-18-33-23-16-10-9-15-22(23)26(24-17-11-12-19-34(24)29(37)38-30(2,3)4)32-27(28(33)36)31-25(35)20-21-13-7-6-8-14-21/h6-10,13-16,24,27H,5,11-12,17-20H2,1-4H3,(H,31,35). The lowest BCUT2D eigenvalue weighted by molar-refractivity contribution is -0.127. The predicted molar refractivity (Wildman–Crippen MR) is 148 cm³/mol. The van der Waals surface area contributed by atoms with E-state index in [1.54, 1.807) is 9.80 Å². The highest BCUT2D eigenvalue weighted by molar-refractivity contribution is 6.15. The van der Waals surface area contributed by atoms with Gasteiger partial charge in [0.05, 0.1) is 23.9 Å². The van der Waals surface area contributed by atoms with Gasteiger partial charge in [-0.15, -0.1) is 0 Å². The fourth-order valence-corrected chi connectivity index (χ4v) is 5.01. The number of aliphatic imine (C=N–C) groups is 1. The Morgan fingerprint density at radius 2 is 1.76 bits per heavy atom. The second kappa shape index (κ2) is 11.8. The molecule has 8 heteroatoms. The summed E-state index contributed by atoms with van der Waals surface area (Å²) in [5, 5.41) is 2.88. The highest BCUT2D eigenvalue weighted by atomic mass is 16.6. The number of nitrogens with one attached hydrogen (secondary N) is 1. The molecule has 2 aliphatic rings. The van der Waals surface area contributed by atoms with E-state index in [-0.39, 0.29) is 24.3 Å². The van der Waals surface area contributed by atoms with Gasteiger partial charge in [0.1, 0.15) is 5.60 Å². The molecule has 0 spiro atoms. The number of amides is 3. The van der Waals surface area contributed by atoms with Gasteiger partial charge in [-0.25, -0.2) is 4.79 Å². The molecule has 3 amide bonds. The van der Waals surface area contributed by atoms with Crippen molar-refractivity contribution in [3.05, 3.63) is 65.7 Å². The third kappa shape index (κ3) is 6.41. The van der Waals surface area contributed by atoms with Crippen molar-refractivity contribution in [3.8, 4) is 0 Å². The molecule has 0 bridgehead atoms. The van der Waals surface area contributed by atoms with Gasteiger partial charge in [0, 0.05) is 18.7 Å². The van der Waals surface area contributed by atoms with Gasteiger partial charge in [-0.1, -0.05) is 55.5 Å². The van der Waals surface area contributed by atoms with Crippen molar-refractivity contribution in [2.75, 3.05) is 18.0 Å². The number of hydrogen-bond acceptors (Lipinski definition) is 5. The Morgan fingerprint density at radius 1 is 1.05 bits per heavy atom. The lowest BCUT2D eigenvalue weighted by Crippen LogP contribution is -2.51. The summed E-state index contributed by atoms with van der Waals surface area (Å²) in [4.78, 5) is 48.5. The Balaban J connectivity index is 1.74. The Kier molecular flexibility index (Phi) is 8.49. The van der Waals surface area contributed by atoms with Gasteiger partial charge in [-0.2, -0.15) is 0 Å². The normalized spacial score (nSPS) is 19.8. The first kappa shape index (κ1) is 27.4. The number of fused-ring (bicyclic) bond motifs is 1. The summed E-state index contributed by atoms with van der Waals surface area (Å²) in [6.07, 6.45) is 1.87. The van der Waals surface area contributed by atoms with E-state index in [9.17, 15) is 14.4 Å². The molecular formula is C30H38N4O4. The SMILES string of the molecule is CCCN1C(=O)C(NC(=O)Cc2ccccc2)N=C(C2CCCCN2C(=O)OC(C)(C)C)c2ccccc21. The quantitative estimate of drug-likeness (QED) is 0.600. The number of hydrogen-bond donors (Lipinski definition) is 1. The molecule has 2 aromatic rings. The topological polar surface area (TPSA) is 91.3 Å². The summed E-state index contributed by atoms with van der Waals surface area (Å²) in [5.41, 5.74) is 2.39. The van der Waals surface area contributed by atoms with Crippen molar-refractivity contribution >= 4 is 29.3 Å². The molecule has 1 saturated heterocycles. The molecule has 1 fully saturated rings. The average molecular weight is 519 g/mol. The number of piperidine rings is 1. The van der Waals surface area contributed by atoms with Crippen LogP contribution >= 0.6 is 0 Å². The Labute approximate surface area is 225 Å². The van der Waals surface area contributed by atoms with Crippen LogP contribution in [0.15, 0.2) is 59.6 Å². The largest absolute Gasteiger partial charge is 0.444 e. The summed E-state index contributed by atoms with van der Waals surface area (Å²) in [7, 11) is 0. The molecule has 1 N–H and O–H groups in total. The molecule has 2 heterocycles. The van der Waals surface area contributed by atoms with Crippen LogP contribution in [0.25, 0.3) is 0 Å². The summed E-state index contributed by atoms with van der Waals surface area (Å²) < 4.78 is 5.74. The minimum atomic E-state index is -1.09. The second-order valence-corrected chi connectivity index (χ2v) is 10.8. The number of nitrogens with zero attached hydrogens (tertiary/aromatic N) is 3.